The number of rotatable bonds is 5. The van der Waals surface area contributed by atoms with Crippen molar-refractivity contribution < 1.29 is 9.47 Å². The lowest BCUT2D eigenvalue weighted by molar-refractivity contribution is -0.0756. The van der Waals surface area contributed by atoms with Gasteiger partial charge in [-0.1, -0.05) is 0 Å². The van der Waals surface area contributed by atoms with Crippen LogP contribution in [-0.2, 0) is 9.47 Å². The molecule has 68 valence electrons. The molecule has 0 aromatic carbocycles. The first-order valence-electron chi connectivity index (χ1n) is 4.02. The Balaban J connectivity index is 2.09. The molecule has 1 rings (SSSR count). The minimum absolute atomic E-state index is 0.270. The topological polar surface area (TPSA) is 54.3 Å². The van der Waals surface area contributed by atoms with Gasteiger partial charge < -0.3 is 14.8 Å². The molecular weight excluding hydrogens is 156 g/mol. The summed E-state index contributed by atoms with van der Waals surface area (Å²) in [4.78, 5) is 0. The van der Waals surface area contributed by atoms with Crippen LogP contribution in [0, 0.1) is 16.7 Å². The van der Waals surface area contributed by atoms with Crippen molar-refractivity contribution in [3.05, 3.63) is 0 Å². The molecule has 0 aromatic heterocycles. The van der Waals surface area contributed by atoms with Gasteiger partial charge in [0.1, 0.15) is 5.41 Å². The summed E-state index contributed by atoms with van der Waals surface area (Å²) in [7, 11) is 1.66. The number of ether oxygens (including phenoxy) is 2. The Morgan fingerprint density at radius 1 is 1.67 bits per heavy atom. The first-order chi connectivity index (χ1) is 5.83. The minimum atomic E-state index is -0.270. The van der Waals surface area contributed by atoms with Crippen LogP contribution in [0.5, 0.6) is 0 Å². The highest BCUT2D eigenvalue weighted by Crippen LogP contribution is 2.24. The van der Waals surface area contributed by atoms with Gasteiger partial charge in [0.05, 0.1) is 25.9 Å². The molecule has 4 heteroatoms. The average Bonchev–Trinajstić information content (AvgIpc) is 2.02. The summed E-state index contributed by atoms with van der Waals surface area (Å²) in [6.07, 6.45) is 0. The summed E-state index contributed by atoms with van der Waals surface area (Å²) in [6.45, 7) is 3.29. The van der Waals surface area contributed by atoms with Crippen LogP contribution in [0.1, 0.15) is 0 Å². The fourth-order valence-electron chi connectivity index (χ4n) is 1.06. The van der Waals surface area contributed by atoms with E-state index < -0.39 is 0 Å². The van der Waals surface area contributed by atoms with E-state index in [0.29, 0.717) is 26.4 Å². The van der Waals surface area contributed by atoms with Crippen LogP contribution < -0.4 is 5.32 Å². The lowest BCUT2D eigenvalue weighted by atomic mass is 9.88. The average molecular weight is 170 g/mol. The van der Waals surface area contributed by atoms with Crippen molar-refractivity contribution in [2.24, 2.45) is 5.41 Å². The Morgan fingerprint density at radius 2 is 2.42 bits per heavy atom. The number of nitrogens with one attached hydrogen (secondary N) is 1. The molecule has 0 amide bonds. The molecule has 0 spiro atoms. The Bertz CT molecular complexity index is 172. The monoisotopic (exact) mass is 170 g/mol. The van der Waals surface area contributed by atoms with E-state index in [2.05, 4.69) is 11.4 Å². The van der Waals surface area contributed by atoms with E-state index in [1.54, 1.807) is 7.11 Å². The maximum atomic E-state index is 8.79. The van der Waals surface area contributed by atoms with Crippen LogP contribution in [0.25, 0.3) is 0 Å². The Hall–Kier alpha value is -0.630. The van der Waals surface area contributed by atoms with E-state index in [9.17, 15) is 0 Å². The second-order valence-electron chi connectivity index (χ2n) is 3.05. The largest absolute Gasteiger partial charge is 0.383 e. The summed E-state index contributed by atoms with van der Waals surface area (Å²) in [5, 5.41) is 11.9. The molecule has 1 fully saturated rings. The third-order valence-corrected chi connectivity index (χ3v) is 1.94. The molecule has 1 N–H and O–H groups in total. The molecule has 0 atom stereocenters. The van der Waals surface area contributed by atoms with E-state index in [1.165, 1.54) is 0 Å². The van der Waals surface area contributed by atoms with Gasteiger partial charge in [0, 0.05) is 20.2 Å². The normalized spacial score (nSPS) is 19.7. The molecule has 0 bridgehead atoms. The van der Waals surface area contributed by atoms with E-state index in [4.69, 9.17) is 14.7 Å². The van der Waals surface area contributed by atoms with Gasteiger partial charge in [-0.25, -0.2) is 0 Å². The highest BCUT2D eigenvalue weighted by atomic mass is 16.5. The lowest BCUT2D eigenvalue weighted by Crippen LogP contribution is -2.49. The quantitative estimate of drug-likeness (QED) is 0.579. The standard InChI is InChI=1S/C8H14N2O2/c1-11-3-2-10-5-8(4-9)6-12-7-8/h10H,2-3,5-7H2,1H3. The Kier molecular flexibility index (Phi) is 3.48. The predicted octanol–water partition coefficient (Wildman–Crippen LogP) is -0.237. The maximum Gasteiger partial charge on any atom is 0.116 e. The molecule has 0 radical (unpaired) electrons. The molecule has 1 heterocycles. The van der Waals surface area contributed by atoms with Crippen LogP contribution in [0.4, 0.5) is 0 Å². The zero-order valence-corrected chi connectivity index (χ0v) is 7.30. The first-order valence-corrected chi connectivity index (χ1v) is 4.02. The van der Waals surface area contributed by atoms with Gasteiger partial charge in [0.15, 0.2) is 0 Å². The minimum Gasteiger partial charge on any atom is -0.383 e. The third kappa shape index (κ3) is 2.18. The smallest absolute Gasteiger partial charge is 0.116 e. The van der Waals surface area contributed by atoms with E-state index in [0.717, 1.165) is 6.54 Å². The number of nitrogens with zero attached hydrogens (tertiary/aromatic N) is 1. The van der Waals surface area contributed by atoms with Crippen molar-refractivity contribution in [1.29, 1.82) is 5.26 Å². The maximum absolute atomic E-state index is 8.79. The van der Waals surface area contributed by atoms with Gasteiger partial charge in [-0.15, -0.1) is 0 Å². The molecule has 0 aromatic rings. The van der Waals surface area contributed by atoms with Crippen molar-refractivity contribution in [1.82, 2.24) is 5.32 Å². The van der Waals surface area contributed by atoms with Crippen LogP contribution >= 0.6 is 0 Å². The zero-order valence-electron chi connectivity index (χ0n) is 7.30. The van der Waals surface area contributed by atoms with Crippen LogP contribution in [0.15, 0.2) is 0 Å². The third-order valence-electron chi connectivity index (χ3n) is 1.94. The van der Waals surface area contributed by atoms with E-state index in [-0.39, 0.29) is 5.41 Å². The predicted molar refractivity (Wildman–Crippen MR) is 43.6 cm³/mol. The zero-order chi connectivity index (χ0) is 8.86. The molecular formula is C8H14N2O2. The van der Waals surface area contributed by atoms with Gasteiger partial charge in [0.2, 0.25) is 0 Å². The molecule has 0 aliphatic carbocycles. The second-order valence-corrected chi connectivity index (χ2v) is 3.05. The molecule has 4 nitrogen and oxygen atoms in total. The summed E-state index contributed by atoms with van der Waals surface area (Å²) >= 11 is 0. The highest BCUT2D eigenvalue weighted by Gasteiger charge is 2.38. The van der Waals surface area contributed by atoms with Crippen molar-refractivity contribution in [3.63, 3.8) is 0 Å². The fourth-order valence-corrected chi connectivity index (χ4v) is 1.06. The highest BCUT2D eigenvalue weighted by molar-refractivity contribution is 5.05. The summed E-state index contributed by atoms with van der Waals surface area (Å²) in [5.74, 6) is 0. The molecule has 0 saturated carbocycles. The number of hydrogen-bond acceptors (Lipinski definition) is 4. The van der Waals surface area contributed by atoms with Crippen molar-refractivity contribution in [3.8, 4) is 6.07 Å². The second kappa shape index (κ2) is 4.41. The van der Waals surface area contributed by atoms with Crippen molar-refractivity contribution in [2.75, 3.05) is 40.0 Å². The fraction of sp³-hybridized carbons (Fsp3) is 0.875. The first kappa shape index (κ1) is 9.46. The lowest BCUT2D eigenvalue weighted by Gasteiger charge is -2.35. The van der Waals surface area contributed by atoms with Crippen LogP contribution in [-0.4, -0.2) is 40.0 Å². The Morgan fingerprint density at radius 3 is 2.83 bits per heavy atom. The number of methoxy groups -OCH3 is 1. The summed E-state index contributed by atoms with van der Waals surface area (Å²) in [5.41, 5.74) is -0.270. The molecule has 12 heavy (non-hydrogen) atoms. The SMILES string of the molecule is COCCNCC1(C#N)COC1. The molecule has 0 unspecified atom stereocenters. The van der Waals surface area contributed by atoms with Gasteiger partial charge >= 0.3 is 0 Å². The van der Waals surface area contributed by atoms with Crippen molar-refractivity contribution >= 4 is 0 Å². The molecule has 1 aliphatic heterocycles. The van der Waals surface area contributed by atoms with E-state index >= 15 is 0 Å². The van der Waals surface area contributed by atoms with Gasteiger partial charge in [-0.05, 0) is 0 Å². The number of hydrogen-bond donors (Lipinski definition) is 1. The molecule has 1 saturated heterocycles. The molecule has 1 aliphatic rings. The summed E-state index contributed by atoms with van der Waals surface area (Å²) < 4.78 is 9.86. The summed E-state index contributed by atoms with van der Waals surface area (Å²) in [6, 6.07) is 2.26. The van der Waals surface area contributed by atoms with Gasteiger partial charge in [-0.2, -0.15) is 5.26 Å². The van der Waals surface area contributed by atoms with Crippen molar-refractivity contribution in [2.45, 2.75) is 0 Å². The van der Waals surface area contributed by atoms with Crippen LogP contribution in [0.2, 0.25) is 0 Å². The van der Waals surface area contributed by atoms with Crippen LogP contribution in [0.3, 0.4) is 0 Å². The van der Waals surface area contributed by atoms with E-state index in [1.807, 2.05) is 0 Å². The Labute approximate surface area is 72.5 Å². The number of nitriles is 1. The van der Waals surface area contributed by atoms with Gasteiger partial charge in [0.25, 0.3) is 0 Å². The van der Waals surface area contributed by atoms with Gasteiger partial charge in [-0.3, -0.25) is 0 Å².